The van der Waals surface area contributed by atoms with E-state index in [2.05, 4.69) is 264 Å². The van der Waals surface area contributed by atoms with Crippen LogP contribution in [0.25, 0.3) is 82.5 Å². The van der Waals surface area contributed by atoms with Crippen molar-refractivity contribution in [2.45, 2.75) is 5.41 Å². The highest BCUT2D eigenvalue weighted by Crippen LogP contribution is 2.57. The van der Waals surface area contributed by atoms with Gasteiger partial charge in [0.25, 0.3) is 0 Å². The van der Waals surface area contributed by atoms with Crippen LogP contribution in [0.15, 0.2) is 259 Å². The molecule has 2 aromatic heterocycles. The van der Waals surface area contributed by atoms with Crippen molar-refractivity contribution in [2.24, 2.45) is 0 Å². The number of furan rings is 1. The van der Waals surface area contributed by atoms with Gasteiger partial charge in [-0.25, -0.2) is 0 Å². The third kappa shape index (κ3) is 5.60. The minimum atomic E-state index is -0.546. The van der Waals surface area contributed by atoms with Gasteiger partial charge in [0.1, 0.15) is 11.2 Å². The average Bonchev–Trinajstić information content (AvgIpc) is 4.06. The van der Waals surface area contributed by atoms with Crippen molar-refractivity contribution in [1.82, 2.24) is 4.57 Å². The quantitative estimate of drug-likeness (QED) is 0.159. The molecule has 0 spiro atoms. The number of aromatic nitrogens is 1. The molecular weight excluding hydrogens is 825 g/mol. The van der Waals surface area contributed by atoms with Gasteiger partial charge >= 0.3 is 0 Å². The van der Waals surface area contributed by atoms with Gasteiger partial charge in [-0.15, -0.1) is 0 Å². The lowest BCUT2D eigenvalue weighted by Crippen LogP contribution is -2.28. The molecule has 1 aliphatic carbocycles. The van der Waals surface area contributed by atoms with Gasteiger partial charge in [-0.2, -0.15) is 0 Å². The van der Waals surface area contributed by atoms with Crippen LogP contribution in [0.3, 0.4) is 0 Å². The lowest BCUT2D eigenvalue weighted by molar-refractivity contribution is 0.672. The van der Waals surface area contributed by atoms with E-state index in [4.69, 9.17) is 4.42 Å². The molecule has 1 aliphatic rings. The zero-order valence-electron chi connectivity index (χ0n) is 37.1. The van der Waals surface area contributed by atoms with Crippen molar-refractivity contribution in [1.29, 1.82) is 0 Å². The van der Waals surface area contributed by atoms with Gasteiger partial charge in [0.2, 0.25) is 0 Å². The maximum absolute atomic E-state index is 6.84. The van der Waals surface area contributed by atoms with Crippen molar-refractivity contribution < 1.29 is 4.42 Å². The maximum atomic E-state index is 6.84. The van der Waals surface area contributed by atoms with Crippen molar-refractivity contribution in [3.8, 4) is 27.9 Å². The summed E-state index contributed by atoms with van der Waals surface area (Å²) in [4.78, 5) is 2.44. The molecular formula is C65H42N2O. The zero-order chi connectivity index (χ0) is 44.8. The van der Waals surface area contributed by atoms with Gasteiger partial charge in [0, 0.05) is 38.6 Å². The molecule has 0 saturated heterocycles. The summed E-state index contributed by atoms with van der Waals surface area (Å²) in [7, 11) is 0. The fraction of sp³-hybridized carbons (Fsp3) is 0.0154. The standard InChI is InChI=1S/C65H42N2O/c1-4-18-46(19-5-1)65(47-20-6-2-7-21-47)57-27-14-12-25-52(57)53-39-37-50(42-58(53)65)66(61-29-16-30-62-63(61)55-38-33-44-17-10-11-24-51(44)64(55)68-62)49-35-31-43(32-36-49)45-34-40-60-56(41-45)54-26-13-15-28-59(54)67(60)48-22-8-3-9-23-48/h1-42H. The van der Waals surface area contributed by atoms with E-state index < -0.39 is 5.41 Å². The molecule has 0 bridgehead atoms. The van der Waals surface area contributed by atoms with E-state index in [0.717, 1.165) is 61.0 Å². The molecule has 68 heavy (non-hydrogen) atoms. The predicted molar refractivity (Wildman–Crippen MR) is 283 cm³/mol. The molecule has 0 radical (unpaired) electrons. The Morgan fingerprint density at radius 3 is 1.81 bits per heavy atom. The van der Waals surface area contributed by atoms with E-state index in [1.165, 1.54) is 60.8 Å². The molecule has 3 nitrogen and oxygen atoms in total. The topological polar surface area (TPSA) is 21.3 Å². The maximum Gasteiger partial charge on any atom is 0.143 e. The summed E-state index contributed by atoms with van der Waals surface area (Å²) in [5.41, 5.74) is 17.8. The average molecular weight is 867 g/mol. The van der Waals surface area contributed by atoms with Crippen LogP contribution < -0.4 is 4.90 Å². The van der Waals surface area contributed by atoms with Crippen LogP contribution in [0.1, 0.15) is 22.3 Å². The summed E-state index contributed by atoms with van der Waals surface area (Å²) in [6.45, 7) is 0. The number of rotatable bonds is 7. The molecule has 3 heteroatoms. The molecule has 318 valence electrons. The molecule has 11 aromatic carbocycles. The first-order chi connectivity index (χ1) is 33.7. The van der Waals surface area contributed by atoms with Crippen molar-refractivity contribution in [3.05, 3.63) is 277 Å². The second-order valence-electron chi connectivity index (χ2n) is 18.0. The van der Waals surface area contributed by atoms with Gasteiger partial charge in [0.05, 0.1) is 27.5 Å². The van der Waals surface area contributed by atoms with Crippen LogP contribution >= 0.6 is 0 Å². The molecule has 0 saturated carbocycles. The zero-order valence-corrected chi connectivity index (χ0v) is 37.1. The minimum absolute atomic E-state index is 0.546. The smallest absolute Gasteiger partial charge is 0.143 e. The highest BCUT2D eigenvalue weighted by molar-refractivity contribution is 6.19. The van der Waals surface area contributed by atoms with E-state index in [1.54, 1.807) is 0 Å². The van der Waals surface area contributed by atoms with Crippen LogP contribution in [-0.4, -0.2) is 4.57 Å². The van der Waals surface area contributed by atoms with Crippen molar-refractivity contribution in [2.75, 3.05) is 4.90 Å². The first-order valence-electron chi connectivity index (χ1n) is 23.4. The summed E-state index contributed by atoms with van der Waals surface area (Å²) in [6.07, 6.45) is 0. The number of fused-ring (bicyclic) bond motifs is 11. The van der Waals surface area contributed by atoms with Crippen molar-refractivity contribution >= 4 is 71.6 Å². The van der Waals surface area contributed by atoms with Gasteiger partial charge in [-0.1, -0.05) is 182 Å². The Balaban J connectivity index is 0.987. The van der Waals surface area contributed by atoms with E-state index in [-0.39, 0.29) is 0 Å². The summed E-state index contributed by atoms with van der Waals surface area (Å²) in [5, 5.41) is 6.92. The Morgan fingerprint density at radius 2 is 1.01 bits per heavy atom. The first kappa shape index (κ1) is 38.4. The molecule has 0 N–H and O–H groups in total. The Bertz CT molecular complexity index is 4030. The van der Waals surface area contributed by atoms with Gasteiger partial charge in [-0.3, -0.25) is 0 Å². The lowest BCUT2D eigenvalue weighted by atomic mass is 9.67. The van der Waals surface area contributed by atoms with E-state index in [9.17, 15) is 0 Å². The molecule has 13 aromatic rings. The monoisotopic (exact) mass is 866 g/mol. The lowest BCUT2D eigenvalue weighted by Gasteiger charge is -2.35. The van der Waals surface area contributed by atoms with Crippen LogP contribution in [0.2, 0.25) is 0 Å². The second-order valence-corrected chi connectivity index (χ2v) is 18.0. The van der Waals surface area contributed by atoms with E-state index in [0.29, 0.717) is 0 Å². The molecule has 0 fully saturated rings. The number of anilines is 3. The van der Waals surface area contributed by atoms with Crippen LogP contribution in [-0.2, 0) is 5.41 Å². The normalized spacial score (nSPS) is 12.8. The predicted octanol–water partition coefficient (Wildman–Crippen LogP) is 17.3. The number of nitrogens with zero attached hydrogens (tertiary/aromatic N) is 2. The number of para-hydroxylation sites is 2. The molecule has 0 unspecified atom stereocenters. The third-order valence-corrected chi connectivity index (χ3v) is 14.5. The Kier molecular flexibility index (Phi) is 8.50. The second kappa shape index (κ2) is 15.1. The van der Waals surface area contributed by atoms with Crippen LogP contribution in [0, 0.1) is 0 Å². The molecule has 0 amide bonds. The molecule has 0 aliphatic heterocycles. The fourth-order valence-corrected chi connectivity index (χ4v) is 11.5. The van der Waals surface area contributed by atoms with Crippen LogP contribution in [0.5, 0.6) is 0 Å². The van der Waals surface area contributed by atoms with Gasteiger partial charge < -0.3 is 13.9 Å². The molecule has 0 atom stereocenters. The van der Waals surface area contributed by atoms with Gasteiger partial charge in [0.15, 0.2) is 0 Å². The summed E-state index contributed by atoms with van der Waals surface area (Å²) in [6, 6.07) is 93.0. The Hall–Kier alpha value is -8.92. The first-order valence-corrected chi connectivity index (χ1v) is 23.4. The van der Waals surface area contributed by atoms with Gasteiger partial charge in [-0.05, 0) is 123 Å². The number of hydrogen-bond acceptors (Lipinski definition) is 2. The SMILES string of the molecule is c1ccc(-n2c3ccccc3c3cc(-c4ccc(N(c5ccc6c(c5)C(c5ccccc5)(c5ccccc5)c5ccccc5-6)c5cccc6oc7c8ccccc8ccc7c56)cc4)ccc32)cc1. The summed E-state index contributed by atoms with van der Waals surface area (Å²) in [5.74, 6) is 0. The highest BCUT2D eigenvalue weighted by Gasteiger charge is 2.46. The third-order valence-electron chi connectivity index (χ3n) is 14.5. The number of benzene rings is 11. The van der Waals surface area contributed by atoms with Crippen LogP contribution in [0.4, 0.5) is 17.1 Å². The largest absolute Gasteiger partial charge is 0.455 e. The van der Waals surface area contributed by atoms with Crippen molar-refractivity contribution in [3.63, 3.8) is 0 Å². The Morgan fingerprint density at radius 1 is 0.382 bits per heavy atom. The Labute approximate surface area is 394 Å². The minimum Gasteiger partial charge on any atom is -0.455 e. The molecule has 2 heterocycles. The fourth-order valence-electron chi connectivity index (χ4n) is 11.5. The molecule has 14 rings (SSSR count). The van der Waals surface area contributed by atoms with E-state index in [1.807, 2.05) is 0 Å². The van der Waals surface area contributed by atoms with E-state index >= 15 is 0 Å². The number of hydrogen-bond donors (Lipinski definition) is 0. The summed E-state index contributed by atoms with van der Waals surface area (Å²) >= 11 is 0. The summed E-state index contributed by atoms with van der Waals surface area (Å²) < 4.78 is 9.21. The highest BCUT2D eigenvalue weighted by atomic mass is 16.3.